The average Bonchev–Trinajstić information content (AvgIpc) is 3.58. The third-order valence-electron chi connectivity index (χ3n) is 14.5. The number of carbonyl (C=O) groups is 2. The minimum Gasteiger partial charge on any atom is -0.454 e. The van der Waals surface area contributed by atoms with Gasteiger partial charge < -0.3 is 45.1 Å². The van der Waals surface area contributed by atoms with E-state index in [1.54, 1.807) is 6.08 Å². The lowest BCUT2D eigenvalue weighted by Gasteiger charge is -2.41. The topological polar surface area (TPSA) is 175 Å². The predicted octanol–water partition coefficient (Wildman–Crippen LogP) is 16.4. The van der Waals surface area contributed by atoms with Crippen molar-refractivity contribution in [3.8, 4) is 0 Å². The van der Waals surface area contributed by atoms with Gasteiger partial charge in [-0.1, -0.05) is 251 Å². The first-order chi connectivity index (χ1) is 40.7. The van der Waals surface area contributed by atoms with Gasteiger partial charge in [-0.05, 0) is 122 Å². The van der Waals surface area contributed by atoms with Crippen molar-refractivity contribution >= 4 is 11.9 Å². The van der Waals surface area contributed by atoms with E-state index in [0.29, 0.717) is 12.8 Å². The highest BCUT2D eigenvalue weighted by Gasteiger charge is 2.47. The molecule has 8 unspecified atom stereocenters. The molecule has 0 aliphatic carbocycles. The van der Waals surface area contributed by atoms with Gasteiger partial charge in [0.05, 0.1) is 25.4 Å². The van der Waals surface area contributed by atoms with Crippen molar-refractivity contribution in [1.82, 2.24) is 5.32 Å². The molecule has 1 heterocycles. The van der Waals surface area contributed by atoms with Gasteiger partial charge in [0, 0.05) is 6.42 Å². The lowest BCUT2D eigenvalue weighted by Crippen LogP contribution is -2.61. The summed E-state index contributed by atoms with van der Waals surface area (Å²) in [5.74, 6) is -1.27. The molecule has 1 rings (SSSR count). The Labute approximate surface area is 505 Å². The van der Waals surface area contributed by atoms with Crippen molar-refractivity contribution in [1.29, 1.82) is 0 Å². The van der Waals surface area contributed by atoms with Gasteiger partial charge in [-0.25, -0.2) is 0 Å². The van der Waals surface area contributed by atoms with Gasteiger partial charge in [-0.2, -0.15) is 0 Å². The Bertz CT molecular complexity index is 1860. The molecule has 0 spiro atoms. The first-order valence-corrected chi connectivity index (χ1v) is 33.0. The average molecular weight is 1160 g/mol. The molecule has 8 atom stereocenters. The van der Waals surface area contributed by atoms with E-state index in [2.05, 4.69) is 148 Å². The molecular formula is C72H119NO10. The van der Waals surface area contributed by atoms with Gasteiger partial charge >= 0.3 is 5.97 Å². The molecule has 0 aromatic heterocycles. The standard InChI is InChI=1S/C72H119NO10/c1-4-7-10-13-16-19-22-25-27-29-31-33-35-37-39-42-45-48-51-54-57-60-67(77)83-70-69(79)68(78)66(61-74)82-72(70)81-62-63(64(75)58-55-52-49-46-43-40-24-21-18-15-12-9-6-3)73-71(80)65(76)59-56-53-50-47-44-41-38-36-34-32-30-28-26-23-20-17-14-11-8-5-2/h7,10,16-17,19-20,25-28,31-34,37-39,41,45,48,55,58,63-66,68-70,72,74-76,78-79H,4-6,8-9,11-15,18,21-24,29-30,35-36,40,42-44,46-47,49-54,56-57,59-62H2,1-3H3,(H,73,80)/b10-7-,19-16-,20-17-,27-25-,28-26-,33-31-,34-32-,39-37-,41-38-,48-45-,58-55+. The maximum absolute atomic E-state index is 13.5. The molecule has 1 fully saturated rings. The summed E-state index contributed by atoms with van der Waals surface area (Å²) < 4.78 is 17.6. The van der Waals surface area contributed by atoms with Gasteiger partial charge in [-0.15, -0.1) is 0 Å². The molecule has 1 aliphatic rings. The van der Waals surface area contributed by atoms with Crippen LogP contribution in [-0.4, -0.2) is 99.6 Å². The molecule has 0 bridgehead atoms. The SMILES string of the molecule is CC/C=C\C/C=C\C/C=C\C/C=C\C/C=C\C/C=C\CCCCC(=O)OC1C(OCC(NC(=O)C(O)CCCCCC/C=C\C/C=C\C/C=C\C/C=C\CCCCC)C(O)/C=C/CCCCCCCCCCCCC)OC(CO)C(O)C1O. The van der Waals surface area contributed by atoms with Crippen LogP contribution in [0.4, 0.5) is 0 Å². The number of unbranched alkanes of at least 4 members (excludes halogenated alkanes) is 20. The molecule has 0 aromatic carbocycles. The molecule has 1 aliphatic heterocycles. The van der Waals surface area contributed by atoms with Crippen LogP contribution >= 0.6 is 0 Å². The molecule has 472 valence electrons. The normalized spacial score (nSPS) is 19.4. The second-order valence-corrected chi connectivity index (χ2v) is 22.1. The number of rotatable bonds is 54. The highest BCUT2D eigenvalue weighted by Crippen LogP contribution is 2.26. The number of hydrogen-bond donors (Lipinski definition) is 6. The van der Waals surface area contributed by atoms with E-state index in [-0.39, 0.29) is 19.4 Å². The van der Waals surface area contributed by atoms with Crippen molar-refractivity contribution < 1.29 is 49.3 Å². The van der Waals surface area contributed by atoms with E-state index < -0.39 is 67.4 Å². The minimum absolute atomic E-state index is 0.0582. The maximum Gasteiger partial charge on any atom is 0.306 e. The summed E-state index contributed by atoms with van der Waals surface area (Å²) in [6, 6.07) is -1.05. The second kappa shape index (κ2) is 58.2. The number of carbonyl (C=O) groups excluding carboxylic acids is 2. The van der Waals surface area contributed by atoms with Gasteiger partial charge in [0.15, 0.2) is 12.4 Å². The fourth-order valence-corrected chi connectivity index (χ4v) is 9.34. The number of esters is 1. The molecule has 0 radical (unpaired) electrons. The van der Waals surface area contributed by atoms with Crippen molar-refractivity contribution in [2.24, 2.45) is 0 Å². The van der Waals surface area contributed by atoms with Crippen LogP contribution in [0.5, 0.6) is 0 Å². The van der Waals surface area contributed by atoms with Crippen LogP contribution in [-0.2, 0) is 23.8 Å². The Morgan fingerprint density at radius 2 is 0.867 bits per heavy atom. The summed E-state index contributed by atoms with van der Waals surface area (Å²) in [5.41, 5.74) is 0. The number of hydrogen-bond acceptors (Lipinski definition) is 10. The number of nitrogens with one attached hydrogen (secondary N) is 1. The molecular weight excluding hydrogens is 1040 g/mol. The highest BCUT2D eigenvalue weighted by molar-refractivity contribution is 5.80. The van der Waals surface area contributed by atoms with Crippen LogP contribution in [0, 0.1) is 0 Å². The summed E-state index contributed by atoms with van der Waals surface area (Å²) >= 11 is 0. The Kier molecular flexibility index (Phi) is 53.9. The Balaban J connectivity index is 2.72. The molecule has 83 heavy (non-hydrogen) atoms. The lowest BCUT2D eigenvalue weighted by atomic mass is 9.99. The number of ether oxygens (including phenoxy) is 3. The minimum atomic E-state index is -1.65. The van der Waals surface area contributed by atoms with Gasteiger partial charge in [0.25, 0.3) is 0 Å². The Morgan fingerprint density at radius 1 is 0.482 bits per heavy atom. The third kappa shape index (κ3) is 45.8. The zero-order valence-corrected chi connectivity index (χ0v) is 52.3. The number of aliphatic hydroxyl groups excluding tert-OH is 5. The van der Waals surface area contributed by atoms with Crippen LogP contribution in [0.15, 0.2) is 134 Å². The Hall–Kier alpha value is -4.20. The molecule has 11 nitrogen and oxygen atoms in total. The zero-order chi connectivity index (χ0) is 60.3. The van der Waals surface area contributed by atoms with Gasteiger partial charge in [0.2, 0.25) is 5.91 Å². The lowest BCUT2D eigenvalue weighted by molar-refractivity contribution is -0.305. The van der Waals surface area contributed by atoms with E-state index in [0.717, 1.165) is 122 Å². The Morgan fingerprint density at radius 3 is 1.33 bits per heavy atom. The number of allylic oxidation sites excluding steroid dienone is 21. The van der Waals surface area contributed by atoms with Crippen LogP contribution in [0.25, 0.3) is 0 Å². The first kappa shape index (κ1) is 76.8. The van der Waals surface area contributed by atoms with E-state index in [1.807, 2.05) is 6.08 Å². The summed E-state index contributed by atoms with van der Waals surface area (Å²) in [6.07, 6.45) is 71.9. The molecule has 0 aromatic rings. The summed E-state index contributed by atoms with van der Waals surface area (Å²) in [7, 11) is 0. The zero-order valence-electron chi connectivity index (χ0n) is 52.3. The van der Waals surface area contributed by atoms with Crippen molar-refractivity contribution in [2.75, 3.05) is 13.2 Å². The monoisotopic (exact) mass is 1160 g/mol. The fraction of sp³-hybridized carbons (Fsp3) is 0.667. The van der Waals surface area contributed by atoms with E-state index in [1.165, 1.54) is 77.0 Å². The summed E-state index contributed by atoms with van der Waals surface area (Å²) in [4.78, 5) is 26.6. The smallest absolute Gasteiger partial charge is 0.306 e. The van der Waals surface area contributed by atoms with E-state index >= 15 is 0 Å². The van der Waals surface area contributed by atoms with E-state index in [4.69, 9.17) is 14.2 Å². The molecule has 6 N–H and O–H groups in total. The quantitative estimate of drug-likeness (QED) is 0.0195. The third-order valence-corrected chi connectivity index (χ3v) is 14.5. The van der Waals surface area contributed by atoms with Crippen LogP contribution in [0.1, 0.15) is 245 Å². The molecule has 11 heteroatoms. The van der Waals surface area contributed by atoms with Crippen molar-refractivity contribution in [3.63, 3.8) is 0 Å². The van der Waals surface area contributed by atoms with Crippen LogP contribution in [0.3, 0.4) is 0 Å². The molecule has 1 amide bonds. The number of amides is 1. The largest absolute Gasteiger partial charge is 0.454 e. The summed E-state index contributed by atoms with van der Waals surface area (Å²) in [5, 5.41) is 57.1. The van der Waals surface area contributed by atoms with Crippen molar-refractivity contribution in [3.05, 3.63) is 134 Å². The van der Waals surface area contributed by atoms with E-state index in [9.17, 15) is 35.1 Å². The van der Waals surface area contributed by atoms with Gasteiger partial charge in [-0.3, -0.25) is 9.59 Å². The fourth-order valence-electron chi connectivity index (χ4n) is 9.34. The van der Waals surface area contributed by atoms with Crippen LogP contribution < -0.4 is 5.32 Å². The molecule has 0 saturated carbocycles. The van der Waals surface area contributed by atoms with Crippen molar-refractivity contribution in [2.45, 2.75) is 294 Å². The molecule has 1 saturated heterocycles. The first-order valence-electron chi connectivity index (χ1n) is 33.0. The van der Waals surface area contributed by atoms with Crippen LogP contribution in [0.2, 0.25) is 0 Å². The highest BCUT2D eigenvalue weighted by atomic mass is 16.7. The predicted molar refractivity (Wildman–Crippen MR) is 347 cm³/mol. The van der Waals surface area contributed by atoms with Gasteiger partial charge in [0.1, 0.15) is 24.4 Å². The maximum atomic E-state index is 13.5. The summed E-state index contributed by atoms with van der Waals surface area (Å²) in [6.45, 7) is 5.61. The second-order valence-electron chi connectivity index (χ2n) is 22.1. The number of aliphatic hydroxyl groups is 5.